The molecule has 1 aromatic rings. The van der Waals surface area contributed by atoms with Crippen molar-refractivity contribution in [3.05, 3.63) is 58.5 Å². The largest absolute Gasteiger partial charge is 0.463 e. The fourth-order valence-corrected chi connectivity index (χ4v) is 5.95. The van der Waals surface area contributed by atoms with E-state index in [1.807, 2.05) is 6.08 Å². The molecule has 0 unspecified atom stereocenters. The van der Waals surface area contributed by atoms with Gasteiger partial charge >= 0.3 is 29.8 Å². The Bertz CT molecular complexity index is 1380. The average Bonchev–Trinajstić information content (AvgIpc) is 3.12. The van der Waals surface area contributed by atoms with Gasteiger partial charge in [-0.05, 0) is 36.6 Å². The molecule has 1 aliphatic heterocycles. The monoisotopic (exact) mass is 759 g/mol. The molecule has 0 amide bonds. The van der Waals surface area contributed by atoms with Crippen LogP contribution in [-0.4, -0.2) is 85.9 Å². The van der Waals surface area contributed by atoms with Crippen molar-refractivity contribution >= 4 is 29.8 Å². The van der Waals surface area contributed by atoms with Crippen molar-refractivity contribution < 1.29 is 57.1 Å². The van der Waals surface area contributed by atoms with Crippen LogP contribution < -0.4 is 0 Å². The number of nitrogens with zero attached hydrogens (tertiary/aromatic N) is 3. The van der Waals surface area contributed by atoms with Gasteiger partial charge in [-0.3, -0.25) is 19.2 Å². The number of rotatable bonds is 25. The Kier molecular flexibility index (Phi) is 22.3. The van der Waals surface area contributed by atoms with Gasteiger partial charge < -0.3 is 33.2 Å². The number of ether oxygens (including phenoxy) is 7. The van der Waals surface area contributed by atoms with E-state index in [0.717, 1.165) is 47.0 Å². The summed E-state index contributed by atoms with van der Waals surface area (Å²) in [6, 6.07) is 7.16. The van der Waals surface area contributed by atoms with E-state index in [-0.39, 0.29) is 5.56 Å². The number of carbonyl (C=O) groups is 5. The van der Waals surface area contributed by atoms with Crippen LogP contribution in [0.2, 0.25) is 0 Å². The molecule has 0 saturated carbocycles. The molecule has 1 fully saturated rings. The Hall–Kier alpha value is -4.46. The second-order valence-corrected chi connectivity index (χ2v) is 13.2. The first-order chi connectivity index (χ1) is 26.0. The van der Waals surface area contributed by atoms with E-state index in [1.54, 1.807) is 36.4 Å². The predicted molar refractivity (Wildman–Crippen MR) is 197 cm³/mol. The Labute approximate surface area is 318 Å². The van der Waals surface area contributed by atoms with E-state index in [9.17, 15) is 29.5 Å². The highest BCUT2D eigenvalue weighted by molar-refractivity contribution is 5.89. The van der Waals surface area contributed by atoms with E-state index in [1.165, 1.54) is 51.4 Å². The van der Waals surface area contributed by atoms with Crippen molar-refractivity contribution in [3.63, 3.8) is 0 Å². The zero-order chi connectivity index (χ0) is 39.7. The van der Waals surface area contributed by atoms with Crippen LogP contribution in [0.5, 0.6) is 0 Å². The summed E-state index contributed by atoms with van der Waals surface area (Å²) < 4.78 is 39.3. The van der Waals surface area contributed by atoms with E-state index >= 15 is 0 Å². The number of benzene rings is 1. The third kappa shape index (κ3) is 18.0. The highest BCUT2D eigenvalue weighted by Crippen LogP contribution is 2.30. The molecule has 2 rings (SSSR count). The lowest BCUT2D eigenvalue weighted by Crippen LogP contribution is -2.63. The molecule has 1 heterocycles. The predicted octanol–water partition coefficient (Wildman–Crippen LogP) is 7.25. The lowest BCUT2D eigenvalue weighted by molar-refractivity contribution is -0.309. The normalized spacial score (nSPS) is 20.6. The van der Waals surface area contributed by atoms with Crippen molar-refractivity contribution in [1.82, 2.24) is 0 Å². The zero-order valence-electron chi connectivity index (χ0n) is 32.2. The zero-order valence-corrected chi connectivity index (χ0v) is 32.2. The van der Waals surface area contributed by atoms with E-state index in [0.29, 0.717) is 6.42 Å². The first-order valence-electron chi connectivity index (χ1n) is 18.9. The molecule has 54 heavy (non-hydrogen) atoms. The Morgan fingerprint density at radius 2 is 1.33 bits per heavy atom. The number of carbonyl (C=O) groups excluding carboxylic acids is 5. The van der Waals surface area contributed by atoms with Crippen molar-refractivity contribution in [2.45, 2.75) is 155 Å². The summed E-state index contributed by atoms with van der Waals surface area (Å²) in [7, 11) is 0. The standard InChI is InChI=1S/C39H57N3O12/c1-6-7-8-9-10-11-12-13-14-15-16-17-21-24-33(53-38(47)31-22-19-18-20-23-31)32(41-42-40)25-49-39-37(52-30(5)46)36(51-29(4)45)35(50-28(3)44)34(54-39)26-48-27(2)43/h18-24,32-37,39H,6-17,25-26H2,1-5H3/b24-21+/t32-,33+,34+,35-,36-,37+,39-/m0/s1. The molecule has 15 nitrogen and oxygen atoms in total. The highest BCUT2D eigenvalue weighted by atomic mass is 16.7. The molecule has 7 atom stereocenters. The van der Waals surface area contributed by atoms with E-state index in [2.05, 4.69) is 16.9 Å². The van der Waals surface area contributed by atoms with Crippen molar-refractivity contribution in [3.8, 4) is 0 Å². The maximum absolute atomic E-state index is 13.2. The Morgan fingerprint density at radius 3 is 1.89 bits per heavy atom. The molecule has 300 valence electrons. The third-order valence-electron chi connectivity index (χ3n) is 8.51. The minimum Gasteiger partial charge on any atom is -0.463 e. The van der Waals surface area contributed by atoms with Gasteiger partial charge in [-0.25, -0.2) is 4.79 Å². The molecule has 0 aromatic heterocycles. The number of hydrogen-bond donors (Lipinski definition) is 0. The molecule has 1 aliphatic rings. The first-order valence-corrected chi connectivity index (χ1v) is 18.9. The number of allylic oxidation sites excluding steroid dienone is 1. The number of azide groups is 1. The summed E-state index contributed by atoms with van der Waals surface area (Å²) in [6.07, 6.45) is 9.26. The Morgan fingerprint density at radius 1 is 0.778 bits per heavy atom. The average molecular weight is 760 g/mol. The number of hydrogen-bond acceptors (Lipinski definition) is 13. The lowest BCUT2D eigenvalue weighted by Gasteiger charge is -2.44. The van der Waals surface area contributed by atoms with Crippen LogP contribution in [0.1, 0.15) is 122 Å². The van der Waals surface area contributed by atoms with Gasteiger partial charge in [-0.2, -0.15) is 0 Å². The molecule has 1 saturated heterocycles. The molecular weight excluding hydrogens is 702 g/mol. The SMILES string of the molecule is CCCCCCCCCCCCC/C=C/[C@@H](OC(=O)c1ccccc1)[C@H](CO[C@H]1O[C@H](COC(C)=O)[C@H](OC(C)=O)[C@H](OC(C)=O)[C@H]1OC(C)=O)N=[N+]=[N-]. The van der Waals surface area contributed by atoms with Crippen molar-refractivity contribution in [1.29, 1.82) is 0 Å². The Balaban J connectivity index is 2.25. The van der Waals surface area contributed by atoms with Crippen LogP contribution in [0.15, 0.2) is 47.6 Å². The molecule has 0 radical (unpaired) electrons. The van der Waals surface area contributed by atoms with Crippen molar-refractivity contribution in [2.24, 2.45) is 5.11 Å². The summed E-state index contributed by atoms with van der Waals surface area (Å²) in [4.78, 5) is 64.3. The minimum absolute atomic E-state index is 0.279. The second-order valence-electron chi connectivity index (χ2n) is 13.2. The maximum Gasteiger partial charge on any atom is 0.338 e. The summed E-state index contributed by atoms with van der Waals surface area (Å²) >= 11 is 0. The minimum atomic E-state index is -1.52. The third-order valence-corrected chi connectivity index (χ3v) is 8.51. The maximum atomic E-state index is 13.2. The molecule has 1 aromatic carbocycles. The molecule has 15 heteroatoms. The number of esters is 5. The van der Waals surface area contributed by atoms with Gasteiger partial charge in [-0.15, -0.1) is 0 Å². The van der Waals surface area contributed by atoms with Gasteiger partial charge in [0, 0.05) is 32.6 Å². The molecular formula is C39H57N3O12. The quantitative estimate of drug-likeness (QED) is 0.0184. The number of unbranched alkanes of at least 4 members (excludes halogenated alkanes) is 11. The first kappa shape index (κ1) is 45.7. The summed E-state index contributed by atoms with van der Waals surface area (Å²) in [5.74, 6) is -3.72. The molecule has 0 N–H and O–H groups in total. The van der Waals surface area contributed by atoms with Gasteiger partial charge in [0.2, 0.25) is 0 Å². The summed E-state index contributed by atoms with van der Waals surface area (Å²) in [6.45, 7) is 5.82. The fraction of sp³-hybridized carbons (Fsp3) is 0.667. The van der Waals surface area contributed by atoms with E-state index in [4.69, 9.17) is 33.2 Å². The molecule has 0 aliphatic carbocycles. The fourth-order valence-electron chi connectivity index (χ4n) is 5.95. The second kappa shape index (κ2) is 26.3. The topological polar surface area (TPSA) is 199 Å². The summed E-state index contributed by atoms with van der Waals surface area (Å²) in [5.41, 5.74) is 9.81. The van der Waals surface area contributed by atoms with Gasteiger partial charge in [0.25, 0.3) is 0 Å². The molecule has 0 bridgehead atoms. The van der Waals surface area contributed by atoms with E-state index < -0.39 is 85.9 Å². The summed E-state index contributed by atoms with van der Waals surface area (Å²) in [5, 5.41) is 3.86. The van der Waals surface area contributed by atoms with Gasteiger partial charge in [0.05, 0.1) is 12.2 Å². The van der Waals surface area contributed by atoms with Crippen LogP contribution in [0.4, 0.5) is 0 Å². The lowest BCUT2D eigenvalue weighted by atomic mass is 9.98. The van der Waals surface area contributed by atoms with Crippen LogP contribution in [0.25, 0.3) is 10.4 Å². The van der Waals surface area contributed by atoms with Gasteiger partial charge in [0.15, 0.2) is 24.6 Å². The van der Waals surface area contributed by atoms with Crippen molar-refractivity contribution in [2.75, 3.05) is 13.2 Å². The highest BCUT2D eigenvalue weighted by Gasteiger charge is 2.53. The smallest absolute Gasteiger partial charge is 0.338 e. The molecule has 0 spiro atoms. The van der Waals surface area contributed by atoms with Gasteiger partial charge in [0.1, 0.15) is 24.9 Å². The van der Waals surface area contributed by atoms with Gasteiger partial charge in [-0.1, -0.05) is 101 Å². The van der Waals surface area contributed by atoms with Crippen LogP contribution >= 0.6 is 0 Å². The van der Waals surface area contributed by atoms with Crippen LogP contribution in [0.3, 0.4) is 0 Å². The van der Waals surface area contributed by atoms with Crippen LogP contribution in [-0.2, 0) is 52.3 Å². The van der Waals surface area contributed by atoms with Crippen LogP contribution in [0, 0.1) is 0 Å².